The van der Waals surface area contributed by atoms with Gasteiger partial charge in [0.25, 0.3) is 0 Å². The van der Waals surface area contributed by atoms with Crippen LogP contribution in [0.5, 0.6) is 0 Å². The number of hydrogen-bond donors (Lipinski definition) is 8. The van der Waals surface area contributed by atoms with E-state index in [-0.39, 0.29) is 31.6 Å². The van der Waals surface area contributed by atoms with Crippen LogP contribution in [-0.4, -0.2) is 188 Å². The highest BCUT2D eigenvalue weighted by molar-refractivity contribution is 5.78. The van der Waals surface area contributed by atoms with Crippen molar-refractivity contribution >= 4 is 23.4 Å². The lowest BCUT2D eigenvalue weighted by Crippen LogP contribution is -3.13. The minimum absolute atomic E-state index is 0.111. The van der Waals surface area contributed by atoms with Crippen molar-refractivity contribution in [2.24, 2.45) is 29.4 Å². The van der Waals surface area contributed by atoms with E-state index in [4.69, 9.17) is 15.9 Å². The number of carbonyl (C=O) groups excluding carboxylic acids is 4. The van der Waals surface area contributed by atoms with Crippen LogP contribution < -0.4 is 21.3 Å². The number of amides is 2. The van der Waals surface area contributed by atoms with Gasteiger partial charge in [0.1, 0.15) is 24.2 Å². The van der Waals surface area contributed by atoms with Crippen molar-refractivity contribution in [1.82, 2.24) is 20.4 Å². The lowest BCUT2D eigenvalue weighted by molar-refractivity contribution is -0.935. The summed E-state index contributed by atoms with van der Waals surface area (Å²) in [6.07, 6.45) is 25.1. The molecule has 4 saturated heterocycles. The fourth-order valence-corrected chi connectivity index (χ4v) is 11.1. The smallest absolute Gasteiger partial charge is 0.225 e. The number of quaternary nitrogens is 2. The SMILES string of the molecule is CCCCNC(=O)CCN1CCC(CCCC2CC[NH+](CCC(=O)CC)CC2)CC1.CCCCNC(=O)CC[N+]1(CC(O)CO)CCC(CCCC2CCN(CCC(=O)CC)CC2)CC1.NCC(O)CO. The molecule has 15 heteroatoms. The first-order valence-electron chi connectivity index (χ1n) is 29.3. The molecule has 4 aliphatic heterocycles. The monoisotopic (exact) mass is 1010 g/mol. The van der Waals surface area contributed by atoms with Crippen LogP contribution in [0, 0.1) is 23.7 Å². The van der Waals surface area contributed by atoms with Crippen molar-refractivity contribution in [3.63, 3.8) is 0 Å². The van der Waals surface area contributed by atoms with Gasteiger partial charge in [-0.3, -0.25) is 19.2 Å². The Morgan fingerprint density at radius 3 is 1.46 bits per heavy atom. The molecule has 416 valence electrons. The Balaban J connectivity index is 0.000000440. The highest BCUT2D eigenvalue weighted by atomic mass is 16.3. The molecule has 0 aliphatic carbocycles. The van der Waals surface area contributed by atoms with Crippen LogP contribution in [0.4, 0.5) is 0 Å². The van der Waals surface area contributed by atoms with Gasteiger partial charge in [-0.2, -0.15) is 0 Å². The maximum absolute atomic E-state index is 12.3. The molecule has 4 rings (SSSR count). The second-order valence-corrected chi connectivity index (χ2v) is 22.1. The maximum Gasteiger partial charge on any atom is 0.225 e. The molecule has 4 aliphatic rings. The second-order valence-electron chi connectivity index (χ2n) is 22.1. The zero-order valence-electron chi connectivity index (χ0n) is 46.0. The largest absolute Gasteiger partial charge is 0.394 e. The number of rotatable bonds is 33. The van der Waals surface area contributed by atoms with Crippen LogP contribution >= 0.6 is 0 Å². The first-order chi connectivity index (χ1) is 34.3. The van der Waals surface area contributed by atoms with Gasteiger partial charge < -0.3 is 56.0 Å². The second kappa shape index (κ2) is 40.3. The normalized spacial score (nSPS) is 23.4. The van der Waals surface area contributed by atoms with E-state index >= 15 is 0 Å². The molecule has 15 nitrogen and oxygen atoms in total. The maximum atomic E-state index is 12.3. The molecule has 71 heavy (non-hydrogen) atoms. The van der Waals surface area contributed by atoms with E-state index in [2.05, 4.69) is 34.3 Å². The van der Waals surface area contributed by atoms with Gasteiger partial charge in [-0.25, -0.2) is 0 Å². The van der Waals surface area contributed by atoms with Crippen molar-refractivity contribution in [1.29, 1.82) is 0 Å². The average Bonchev–Trinajstić information content (AvgIpc) is 3.40. The van der Waals surface area contributed by atoms with E-state index in [1.807, 2.05) is 13.8 Å². The van der Waals surface area contributed by atoms with Gasteiger partial charge in [0.2, 0.25) is 11.8 Å². The summed E-state index contributed by atoms with van der Waals surface area (Å²) < 4.78 is 0.762. The van der Waals surface area contributed by atoms with Crippen molar-refractivity contribution in [2.45, 2.75) is 194 Å². The average molecular weight is 1010 g/mol. The molecule has 4 heterocycles. The van der Waals surface area contributed by atoms with E-state index in [0.29, 0.717) is 50.2 Å². The zero-order chi connectivity index (χ0) is 52.1. The Bertz CT molecular complexity index is 1360. The van der Waals surface area contributed by atoms with Crippen molar-refractivity contribution < 1.29 is 49.0 Å². The molecular weight excluding hydrogens is 899 g/mol. The molecular formula is C56H111N7O8+2. The predicted molar refractivity (Wildman–Crippen MR) is 287 cm³/mol. The van der Waals surface area contributed by atoms with Gasteiger partial charge in [0.05, 0.1) is 71.4 Å². The third-order valence-electron chi connectivity index (χ3n) is 16.4. The molecule has 4 fully saturated rings. The Labute approximate surface area is 432 Å². The Kier molecular flexibility index (Phi) is 36.9. The summed E-state index contributed by atoms with van der Waals surface area (Å²) in [5, 5.41) is 41.9. The summed E-state index contributed by atoms with van der Waals surface area (Å²) in [6, 6.07) is 0. The highest BCUT2D eigenvalue weighted by Gasteiger charge is 2.36. The molecule has 9 N–H and O–H groups in total. The van der Waals surface area contributed by atoms with Crippen molar-refractivity contribution in [2.75, 3.05) is 118 Å². The zero-order valence-corrected chi connectivity index (χ0v) is 46.0. The lowest BCUT2D eigenvalue weighted by Gasteiger charge is -2.44. The lowest BCUT2D eigenvalue weighted by atomic mass is 9.86. The first kappa shape index (κ1) is 65.0. The summed E-state index contributed by atoms with van der Waals surface area (Å²) >= 11 is 0. The van der Waals surface area contributed by atoms with E-state index in [0.717, 1.165) is 139 Å². The Morgan fingerprint density at radius 1 is 0.592 bits per heavy atom. The number of Topliss-reactive ketones (excluding diaryl/α,β-unsaturated/α-hetero) is 2. The van der Waals surface area contributed by atoms with Crippen LogP contribution in [0.1, 0.15) is 182 Å². The highest BCUT2D eigenvalue weighted by Crippen LogP contribution is 2.31. The number of aliphatic hydroxyl groups is 4. The summed E-state index contributed by atoms with van der Waals surface area (Å²) in [5.74, 6) is 4.51. The van der Waals surface area contributed by atoms with E-state index < -0.39 is 12.2 Å². The standard InChI is InChI=1S/C28H53N3O4.C25H47N3O2.C3H9NO2/c1-3-5-15-29-28(35)14-21-31(22-27(34)23-32)19-12-25(13-20-31)8-6-7-24-9-16-30(17-10-24)18-11-26(33)4-2;1-3-5-15-26-25(30)14-21-28-18-11-23(12-19-28)8-6-7-22-9-16-27(17-10-22)20-13-24(29)4-2;4-1-3(6)2-5/h24-25,27,32,34H,3-23H2,1-2H3;22-23H,3-21H2,1-2H3,(H,26,30);3,5-6H,1-2,4H2/p+2. The third-order valence-corrected chi connectivity index (χ3v) is 16.4. The van der Waals surface area contributed by atoms with Crippen LogP contribution in [-0.2, 0) is 19.2 Å². The van der Waals surface area contributed by atoms with Gasteiger partial charge in [0, 0.05) is 58.4 Å². The number of hydrogen-bond acceptors (Lipinski definition) is 11. The van der Waals surface area contributed by atoms with Gasteiger partial charge in [-0.05, 0) is 114 Å². The molecule has 2 amide bonds. The molecule has 0 saturated carbocycles. The summed E-state index contributed by atoms with van der Waals surface area (Å²) in [7, 11) is 0. The van der Waals surface area contributed by atoms with Crippen LogP contribution in [0.2, 0.25) is 0 Å². The number of nitrogens with one attached hydrogen (secondary N) is 3. The first-order valence-corrected chi connectivity index (χ1v) is 29.3. The molecule has 0 radical (unpaired) electrons. The molecule has 2 atom stereocenters. The Morgan fingerprint density at radius 2 is 1.03 bits per heavy atom. The minimum Gasteiger partial charge on any atom is -0.394 e. The molecule has 0 aromatic carbocycles. The van der Waals surface area contributed by atoms with Crippen molar-refractivity contribution in [3.8, 4) is 0 Å². The van der Waals surface area contributed by atoms with Gasteiger partial charge >= 0.3 is 0 Å². The number of nitrogens with zero attached hydrogens (tertiary/aromatic N) is 3. The van der Waals surface area contributed by atoms with Crippen LogP contribution in [0.3, 0.4) is 0 Å². The number of piperidine rings is 4. The minimum atomic E-state index is -0.731. The molecule has 2 unspecified atom stereocenters. The predicted octanol–water partition coefficient (Wildman–Crippen LogP) is 4.26. The van der Waals surface area contributed by atoms with E-state index in [1.54, 1.807) is 4.90 Å². The third kappa shape index (κ3) is 30.8. The Hall–Kier alpha value is -2.08. The van der Waals surface area contributed by atoms with Crippen LogP contribution in [0.15, 0.2) is 0 Å². The van der Waals surface area contributed by atoms with Crippen molar-refractivity contribution in [3.05, 3.63) is 0 Å². The number of nitrogens with two attached hydrogens (primary N) is 1. The molecule has 0 spiro atoms. The topological polar surface area (TPSA) is 210 Å². The number of likely N-dealkylation sites (tertiary alicyclic amines) is 4. The van der Waals surface area contributed by atoms with E-state index in [1.165, 1.54) is 103 Å². The quantitative estimate of drug-likeness (QED) is 0.0344. The summed E-state index contributed by atoms with van der Waals surface area (Å²) in [4.78, 5) is 53.8. The molecule has 0 aromatic heterocycles. The van der Waals surface area contributed by atoms with Gasteiger partial charge in [0.15, 0.2) is 0 Å². The number of ketones is 2. The number of aliphatic hydroxyl groups excluding tert-OH is 4. The van der Waals surface area contributed by atoms with Gasteiger partial charge in [-0.1, -0.05) is 79.1 Å². The number of carbonyl (C=O) groups is 4. The fourth-order valence-electron chi connectivity index (χ4n) is 11.1. The van der Waals surface area contributed by atoms with Gasteiger partial charge in [-0.15, -0.1) is 0 Å². The molecule has 0 aromatic rings. The van der Waals surface area contributed by atoms with Crippen LogP contribution in [0.25, 0.3) is 0 Å². The summed E-state index contributed by atoms with van der Waals surface area (Å²) in [6.45, 7) is 22.8. The summed E-state index contributed by atoms with van der Waals surface area (Å²) in [5.41, 5.74) is 4.87. The number of unbranched alkanes of at least 4 members (excludes halogenated alkanes) is 2. The fraction of sp³-hybridized carbons (Fsp3) is 0.929. The van der Waals surface area contributed by atoms with E-state index in [9.17, 15) is 29.4 Å². The molecule has 0 bridgehead atoms.